The maximum atomic E-state index is 11.7. The number of hydrogen-bond acceptors (Lipinski definition) is 3. The number of nitrogens with zero attached hydrogens (tertiary/aromatic N) is 1. The van der Waals surface area contributed by atoms with E-state index in [1.165, 1.54) is 11.0 Å². The van der Waals surface area contributed by atoms with Crippen molar-refractivity contribution in [2.45, 2.75) is 25.3 Å². The molecule has 1 amide bonds. The van der Waals surface area contributed by atoms with Crippen molar-refractivity contribution in [2.24, 2.45) is 11.8 Å². The van der Waals surface area contributed by atoms with Gasteiger partial charge in [-0.2, -0.15) is 0 Å². The number of carboxylic acids is 1. The molecule has 2 rings (SSSR count). The maximum Gasteiger partial charge on any atom is 0.410 e. The summed E-state index contributed by atoms with van der Waals surface area (Å²) < 4.78 is 4.93. The Hall–Kier alpha value is -1.52. The van der Waals surface area contributed by atoms with Gasteiger partial charge in [-0.05, 0) is 24.7 Å². The molecule has 5 heteroatoms. The van der Waals surface area contributed by atoms with Gasteiger partial charge in [0.05, 0.1) is 0 Å². The van der Waals surface area contributed by atoms with Crippen LogP contribution in [0, 0.1) is 11.8 Å². The van der Waals surface area contributed by atoms with E-state index in [1.807, 2.05) is 0 Å². The van der Waals surface area contributed by atoms with Crippen molar-refractivity contribution in [3.05, 3.63) is 12.7 Å². The first-order chi connectivity index (χ1) is 8.15. The molecule has 1 saturated heterocycles. The van der Waals surface area contributed by atoms with Crippen LogP contribution in [0.15, 0.2) is 12.7 Å². The molecule has 1 heterocycles. The van der Waals surface area contributed by atoms with Gasteiger partial charge in [0.1, 0.15) is 12.6 Å². The third kappa shape index (κ3) is 2.14. The summed E-state index contributed by atoms with van der Waals surface area (Å²) in [6.07, 6.45) is 3.91. The Morgan fingerprint density at radius 1 is 1.47 bits per heavy atom. The Bertz CT molecular complexity index is 341. The molecule has 1 aliphatic heterocycles. The number of rotatable bonds is 3. The van der Waals surface area contributed by atoms with Gasteiger partial charge in [0.25, 0.3) is 0 Å². The highest BCUT2D eigenvalue weighted by Gasteiger charge is 2.50. The quantitative estimate of drug-likeness (QED) is 0.758. The molecule has 17 heavy (non-hydrogen) atoms. The van der Waals surface area contributed by atoms with Crippen LogP contribution in [0.25, 0.3) is 0 Å². The van der Waals surface area contributed by atoms with E-state index in [4.69, 9.17) is 4.74 Å². The number of ether oxygens (including phenoxy) is 1. The molecule has 0 aromatic heterocycles. The van der Waals surface area contributed by atoms with E-state index in [2.05, 4.69) is 6.58 Å². The average Bonchev–Trinajstić information content (AvgIpc) is 2.83. The summed E-state index contributed by atoms with van der Waals surface area (Å²) in [5.41, 5.74) is 0. The van der Waals surface area contributed by atoms with Gasteiger partial charge in [0.2, 0.25) is 0 Å². The number of amides is 1. The van der Waals surface area contributed by atoms with Gasteiger partial charge in [0.15, 0.2) is 0 Å². The van der Waals surface area contributed by atoms with Crippen LogP contribution in [-0.4, -0.2) is 41.3 Å². The molecule has 0 radical (unpaired) electrons. The lowest BCUT2D eigenvalue weighted by atomic mass is 9.94. The van der Waals surface area contributed by atoms with Crippen molar-refractivity contribution in [3.63, 3.8) is 0 Å². The zero-order valence-corrected chi connectivity index (χ0v) is 9.67. The Labute approximate surface area is 100 Å². The average molecular weight is 239 g/mol. The predicted octanol–water partition coefficient (Wildman–Crippen LogP) is 1.49. The highest BCUT2D eigenvalue weighted by molar-refractivity contribution is 5.81. The van der Waals surface area contributed by atoms with E-state index in [9.17, 15) is 14.7 Å². The number of hydrogen-bond donors (Lipinski definition) is 1. The molecule has 2 aliphatic rings. The molecular formula is C12H17NO4. The monoisotopic (exact) mass is 239 g/mol. The molecule has 3 unspecified atom stereocenters. The van der Waals surface area contributed by atoms with Gasteiger partial charge < -0.3 is 9.84 Å². The molecule has 1 N–H and O–H groups in total. The topological polar surface area (TPSA) is 66.8 Å². The van der Waals surface area contributed by atoms with E-state index in [0.29, 0.717) is 12.5 Å². The normalized spacial score (nSPS) is 31.1. The van der Waals surface area contributed by atoms with Crippen LogP contribution in [0.4, 0.5) is 4.79 Å². The summed E-state index contributed by atoms with van der Waals surface area (Å²) in [7, 11) is 0. The second-order valence-corrected chi connectivity index (χ2v) is 4.66. The van der Waals surface area contributed by atoms with E-state index < -0.39 is 18.1 Å². The molecule has 1 aliphatic carbocycles. The molecule has 0 aromatic carbocycles. The van der Waals surface area contributed by atoms with Gasteiger partial charge in [-0.25, -0.2) is 9.59 Å². The zero-order chi connectivity index (χ0) is 12.4. The highest BCUT2D eigenvalue weighted by Crippen LogP contribution is 2.42. The van der Waals surface area contributed by atoms with Crippen LogP contribution in [0.2, 0.25) is 0 Å². The first kappa shape index (κ1) is 12.0. The Kier molecular flexibility index (Phi) is 3.36. The van der Waals surface area contributed by atoms with Gasteiger partial charge in [-0.1, -0.05) is 19.1 Å². The number of aliphatic carboxylic acids is 1. The first-order valence-corrected chi connectivity index (χ1v) is 5.92. The van der Waals surface area contributed by atoms with E-state index in [-0.39, 0.29) is 12.5 Å². The van der Waals surface area contributed by atoms with Crippen molar-refractivity contribution in [1.29, 1.82) is 0 Å². The summed E-state index contributed by atoms with van der Waals surface area (Å²) in [6.45, 7) is 4.09. The van der Waals surface area contributed by atoms with Crippen LogP contribution < -0.4 is 0 Å². The zero-order valence-electron chi connectivity index (χ0n) is 9.67. The summed E-state index contributed by atoms with van der Waals surface area (Å²) in [6, 6.07) is -0.709. The number of carbonyl (C=O) groups excluding carboxylic acids is 1. The summed E-state index contributed by atoms with van der Waals surface area (Å²) in [5, 5.41) is 9.24. The molecule has 0 aromatic rings. The molecule has 3 atom stereocenters. The Morgan fingerprint density at radius 3 is 2.88 bits per heavy atom. The second kappa shape index (κ2) is 4.77. The molecule has 0 spiro atoms. The fourth-order valence-electron chi connectivity index (χ4n) is 3.02. The number of likely N-dealkylation sites (tertiary alicyclic amines) is 1. The number of carboxylic acid groups (broad SMARTS) is 1. The fourth-order valence-corrected chi connectivity index (χ4v) is 3.02. The minimum atomic E-state index is -0.921. The summed E-state index contributed by atoms with van der Waals surface area (Å²) >= 11 is 0. The second-order valence-electron chi connectivity index (χ2n) is 4.66. The minimum Gasteiger partial charge on any atom is -0.480 e. The third-order valence-electron chi connectivity index (χ3n) is 3.70. The van der Waals surface area contributed by atoms with Crippen molar-refractivity contribution in [1.82, 2.24) is 4.90 Å². The standard InChI is InChI=1S/C12H17NO4/c1-2-6-17-12(16)13-7-8-4-3-5-9(8)10(13)11(14)15/h2,8-10H,1,3-7H2,(H,14,15). The Morgan fingerprint density at radius 2 is 2.24 bits per heavy atom. The minimum absolute atomic E-state index is 0.101. The van der Waals surface area contributed by atoms with Crippen molar-refractivity contribution >= 4 is 12.1 Å². The van der Waals surface area contributed by atoms with Gasteiger partial charge in [-0.15, -0.1) is 0 Å². The van der Waals surface area contributed by atoms with Crippen molar-refractivity contribution < 1.29 is 19.4 Å². The molecular weight excluding hydrogens is 222 g/mol. The first-order valence-electron chi connectivity index (χ1n) is 5.92. The molecule has 0 bridgehead atoms. The van der Waals surface area contributed by atoms with E-state index in [0.717, 1.165) is 19.3 Å². The summed E-state index contributed by atoms with van der Waals surface area (Å²) in [4.78, 5) is 24.4. The molecule has 2 fully saturated rings. The van der Waals surface area contributed by atoms with Gasteiger partial charge >= 0.3 is 12.1 Å². The van der Waals surface area contributed by atoms with Crippen LogP contribution in [0.5, 0.6) is 0 Å². The van der Waals surface area contributed by atoms with E-state index in [1.54, 1.807) is 0 Å². The lowest BCUT2D eigenvalue weighted by Gasteiger charge is -2.23. The SMILES string of the molecule is C=CCOC(=O)N1CC2CCCC2C1C(=O)O. The number of fused-ring (bicyclic) bond motifs is 1. The number of carbonyl (C=O) groups is 2. The maximum absolute atomic E-state index is 11.7. The Balaban J connectivity index is 2.08. The third-order valence-corrected chi connectivity index (χ3v) is 3.70. The predicted molar refractivity (Wildman–Crippen MR) is 60.5 cm³/mol. The van der Waals surface area contributed by atoms with Crippen LogP contribution >= 0.6 is 0 Å². The van der Waals surface area contributed by atoms with Crippen molar-refractivity contribution in [2.75, 3.05) is 13.2 Å². The lowest BCUT2D eigenvalue weighted by Crippen LogP contribution is -2.43. The summed E-state index contributed by atoms with van der Waals surface area (Å²) in [5.74, 6) is -0.494. The molecule has 94 valence electrons. The highest BCUT2D eigenvalue weighted by atomic mass is 16.6. The lowest BCUT2D eigenvalue weighted by molar-refractivity contribution is -0.143. The smallest absolute Gasteiger partial charge is 0.410 e. The molecule has 1 saturated carbocycles. The van der Waals surface area contributed by atoms with Crippen LogP contribution in [0.1, 0.15) is 19.3 Å². The molecule has 5 nitrogen and oxygen atoms in total. The van der Waals surface area contributed by atoms with E-state index >= 15 is 0 Å². The van der Waals surface area contributed by atoms with Crippen LogP contribution in [-0.2, 0) is 9.53 Å². The largest absolute Gasteiger partial charge is 0.480 e. The van der Waals surface area contributed by atoms with Gasteiger partial charge in [0, 0.05) is 6.54 Å². The fraction of sp³-hybridized carbons (Fsp3) is 0.667. The van der Waals surface area contributed by atoms with Crippen LogP contribution in [0.3, 0.4) is 0 Å². The van der Waals surface area contributed by atoms with Gasteiger partial charge in [-0.3, -0.25) is 4.90 Å². The van der Waals surface area contributed by atoms with Crippen molar-refractivity contribution in [3.8, 4) is 0 Å².